The average Bonchev–Trinajstić information content (AvgIpc) is 0.811. The van der Waals surface area contributed by atoms with E-state index in [0.717, 1.165) is 0 Å². The van der Waals surface area contributed by atoms with Crippen LogP contribution in [0.25, 0.3) is 0 Å². The van der Waals surface area contributed by atoms with Gasteiger partial charge in [0.15, 0.2) is 0 Å². The third kappa shape index (κ3) is 25.9. The Kier molecular flexibility index (Phi) is 11.5. The van der Waals surface area contributed by atoms with Crippen molar-refractivity contribution in [3.63, 3.8) is 0 Å². The molecule has 0 unspecified atom stereocenters. The van der Waals surface area contributed by atoms with Crippen molar-refractivity contribution >= 4 is 22.0 Å². The van der Waals surface area contributed by atoms with E-state index in [9.17, 15) is 0 Å². The zero-order valence-electron chi connectivity index (χ0n) is 1.67. The molecule has 4 heteroatoms. The van der Waals surface area contributed by atoms with E-state index in [2.05, 4.69) is 22.0 Å². The van der Waals surface area contributed by atoms with Gasteiger partial charge in [0, 0.05) is 0 Å². The van der Waals surface area contributed by atoms with E-state index in [0.29, 0.717) is 0 Å². The van der Waals surface area contributed by atoms with Gasteiger partial charge in [-0.05, 0) is 0 Å². The van der Waals surface area contributed by atoms with Crippen molar-refractivity contribution in [3.8, 4) is 0 Å². The van der Waals surface area contributed by atoms with Crippen molar-refractivity contribution in [1.29, 1.82) is 0 Å². The molecule has 0 atom stereocenters. The molecular formula is CH4CoP3. The van der Waals surface area contributed by atoms with Gasteiger partial charge in [-0.25, -0.2) is 0 Å². The Morgan fingerprint density at radius 1 is 1.00 bits per heavy atom. The van der Waals surface area contributed by atoms with Crippen LogP contribution in [0.1, 0.15) is 7.43 Å². The molecule has 0 aliphatic rings. The SMILES string of the molecule is C.[P]#[Co](#[P])#[P]. The van der Waals surface area contributed by atoms with Gasteiger partial charge in [-0.3, -0.25) is 0 Å². The van der Waals surface area contributed by atoms with Crippen LogP contribution in [0.15, 0.2) is 0 Å². The fourth-order valence-electron chi connectivity index (χ4n) is 0. The first-order chi connectivity index (χ1) is 1.73. The van der Waals surface area contributed by atoms with E-state index in [-0.39, 0.29) is 7.43 Å². The Morgan fingerprint density at radius 2 is 1.00 bits per heavy atom. The second-order valence-corrected chi connectivity index (χ2v) is 7.42. The molecule has 0 aromatic rings. The summed E-state index contributed by atoms with van der Waals surface area (Å²) in [5, 5.41) is 0. The molecule has 0 fully saturated rings. The monoisotopic (exact) mass is 168 g/mol. The third-order valence-corrected chi connectivity index (χ3v) is 0. The predicted molar refractivity (Wildman–Crippen MR) is 27.5 cm³/mol. The summed E-state index contributed by atoms with van der Waals surface area (Å²) >= 11 is 0. The second-order valence-electron chi connectivity index (χ2n) is 0.200. The van der Waals surface area contributed by atoms with E-state index in [4.69, 9.17) is 0 Å². The summed E-state index contributed by atoms with van der Waals surface area (Å²) < 4.78 is 0. The maximum absolute atomic E-state index is 3.76. The van der Waals surface area contributed by atoms with E-state index in [1.54, 1.807) is 0 Å². The first-order valence-electron chi connectivity index (χ1n) is 0.447. The van der Waals surface area contributed by atoms with Gasteiger partial charge < -0.3 is 0 Å². The van der Waals surface area contributed by atoms with E-state index in [1.807, 2.05) is 0 Å². The van der Waals surface area contributed by atoms with Gasteiger partial charge in [0.2, 0.25) is 0 Å². The Balaban J connectivity index is 0. The first kappa shape index (κ1) is 9.93. The summed E-state index contributed by atoms with van der Waals surface area (Å²) in [6.07, 6.45) is 0. The van der Waals surface area contributed by atoms with Crippen LogP contribution in [-0.4, -0.2) is 0 Å². The van der Waals surface area contributed by atoms with Gasteiger partial charge in [0.05, 0.1) is 0 Å². The van der Waals surface area contributed by atoms with E-state index in [1.165, 1.54) is 0 Å². The molecule has 0 aromatic carbocycles. The fourth-order valence-corrected chi connectivity index (χ4v) is 0. The quantitative estimate of drug-likeness (QED) is 0.487. The molecule has 0 aliphatic heterocycles. The molecule has 5 heavy (non-hydrogen) atoms. The number of rotatable bonds is 0. The van der Waals surface area contributed by atoms with Gasteiger partial charge >= 0.3 is 32.2 Å². The van der Waals surface area contributed by atoms with Crippen LogP contribution in [0.5, 0.6) is 0 Å². The zero-order valence-corrected chi connectivity index (χ0v) is 5.40. The maximum atomic E-state index is 3.76. The number of hydrogen-bond donors (Lipinski definition) is 0. The van der Waals surface area contributed by atoms with Gasteiger partial charge in [-0.15, -0.1) is 0 Å². The third-order valence-electron chi connectivity index (χ3n) is 0. The summed E-state index contributed by atoms with van der Waals surface area (Å²) in [5.41, 5.74) is 0. The van der Waals surface area contributed by atoms with E-state index < -0.39 is 10.3 Å². The Morgan fingerprint density at radius 3 is 1.00 bits per heavy atom. The molecule has 0 saturated heterocycles. The summed E-state index contributed by atoms with van der Waals surface area (Å²) in [6, 6.07) is 0. The zero-order chi connectivity index (χ0) is 3.58. The minimum atomic E-state index is -0.521. The van der Waals surface area contributed by atoms with Crippen molar-refractivity contribution < 1.29 is 10.3 Å². The van der Waals surface area contributed by atoms with Crippen LogP contribution >= 0.6 is 22.0 Å². The standard InChI is InChI=1S/CH4.Co.3P/h1H4;;;;. The summed E-state index contributed by atoms with van der Waals surface area (Å²) in [7, 11) is 10.8. The normalized spacial score (nSPS) is 4.20. The van der Waals surface area contributed by atoms with Gasteiger partial charge in [-0.1, -0.05) is 7.43 Å². The average molecular weight is 168 g/mol. The van der Waals surface area contributed by atoms with Gasteiger partial charge in [-0.2, -0.15) is 0 Å². The van der Waals surface area contributed by atoms with E-state index >= 15 is 0 Å². The first-order valence-corrected chi connectivity index (χ1v) is 5.53. The molecule has 32 valence electrons. The summed E-state index contributed by atoms with van der Waals surface area (Å²) in [6.45, 7) is 0. The van der Waals surface area contributed by atoms with Crippen LogP contribution < -0.4 is 0 Å². The van der Waals surface area contributed by atoms with Crippen molar-refractivity contribution in [2.24, 2.45) is 0 Å². The second kappa shape index (κ2) is 5.80. The molecule has 0 radical (unpaired) electrons. The van der Waals surface area contributed by atoms with Crippen LogP contribution in [0.4, 0.5) is 0 Å². The molecule has 0 N–H and O–H groups in total. The molecule has 0 aliphatic carbocycles. The molecule has 0 heterocycles. The molecule has 0 spiro atoms. The van der Waals surface area contributed by atoms with Crippen LogP contribution in [-0.2, 0) is 10.3 Å². The summed E-state index contributed by atoms with van der Waals surface area (Å²) in [4.78, 5) is 0. The molecule has 0 amide bonds. The molecule has 0 nitrogen and oxygen atoms in total. The van der Waals surface area contributed by atoms with Crippen molar-refractivity contribution in [1.82, 2.24) is 0 Å². The topological polar surface area (TPSA) is 0 Å². The van der Waals surface area contributed by atoms with Crippen molar-refractivity contribution in [2.45, 2.75) is 7.43 Å². The Bertz CT molecular complexity index is 222. The summed E-state index contributed by atoms with van der Waals surface area (Å²) in [5.74, 6) is 0. The van der Waals surface area contributed by atoms with Crippen LogP contribution in [0, 0.1) is 0 Å². The van der Waals surface area contributed by atoms with Crippen LogP contribution in [0.3, 0.4) is 0 Å². The Labute approximate surface area is 40.1 Å². The van der Waals surface area contributed by atoms with Crippen molar-refractivity contribution in [3.05, 3.63) is 0 Å². The Hall–Kier alpha value is 1.80. The predicted octanol–water partition coefficient (Wildman–Crippen LogP) is 3.22. The molecular weight excluding hydrogens is 164 g/mol. The molecule has 0 rings (SSSR count). The molecule has 0 saturated carbocycles. The molecule has 0 bridgehead atoms. The fraction of sp³-hybridized carbons (Fsp3) is 1.00. The number of hydrogen-bond acceptors (Lipinski definition) is 0. The van der Waals surface area contributed by atoms with Crippen molar-refractivity contribution in [2.75, 3.05) is 0 Å². The molecule has 0 aromatic heterocycles. The van der Waals surface area contributed by atoms with Gasteiger partial charge in [0.25, 0.3) is 0 Å². The van der Waals surface area contributed by atoms with Crippen LogP contribution in [0.2, 0.25) is 0 Å². The minimum absolute atomic E-state index is 0. The van der Waals surface area contributed by atoms with Gasteiger partial charge in [0.1, 0.15) is 0 Å².